The summed E-state index contributed by atoms with van der Waals surface area (Å²) in [6.07, 6.45) is 4.75. The molecule has 0 saturated carbocycles. The van der Waals surface area contributed by atoms with E-state index in [2.05, 4.69) is 19.9 Å². The SMILES string of the molecule is CCCC12C[NH+]3CC(CCC)(C[NH+](C1)C3c1ccc(O)c(OC)c1)C2O. The third kappa shape index (κ3) is 2.48. The van der Waals surface area contributed by atoms with Crippen LogP contribution in [-0.4, -0.2) is 49.6 Å². The zero-order chi connectivity index (χ0) is 18.5. The minimum Gasteiger partial charge on any atom is -0.504 e. The summed E-state index contributed by atoms with van der Waals surface area (Å²) in [5.41, 5.74) is 1.39. The van der Waals surface area contributed by atoms with Gasteiger partial charge in [0.15, 0.2) is 11.5 Å². The van der Waals surface area contributed by atoms with Crippen molar-refractivity contribution < 1.29 is 24.7 Å². The van der Waals surface area contributed by atoms with Crippen LogP contribution in [0.25, 0.3) is 0 Å². The minimum absolute atomic E-state index is 0.0720. The lowest BCUT2D eigenvalue weighted by atomic mass is 9.56. The van der Waals surface area contributed by atoms with E-state index in [0.717, 1.165) is 51.9 Å². The number of phenols is 1. The summed E-state index contributed by atoms with van der Waals surface area (Å²) >= 11 is 0. The van der Waals surface area contributed by atoms with Crippen LogP contribution in [-0.2, 0) is 0 Å². The predicted octanol–water partition coefficient (Wildman–Crippen LogP) is 0.144. The average molecular weight is 363 g/mol. The van der Waals surface area contributed by atoms with E-state index in [-0.39, 0.29) is 22.7 Å². The Morgan fingerprint density at radius 1 is 1.04 bits per heavy atom. The van der Waals surface area contributed by atoms with Gasteiger partial charge >= 0.3 is 0 Å². The molecule has 5 rings (SSSR count). The Bertz CT molecular complexity index is 635. The minimum atomic E-state index is -0.155. The summed E-state index contributed by atoms with van der Waals surface area (Å²) in [5.74, 6) is 0.763. The van der Waals surface area contributed by atoms with E-state index in [1.165, 1.54) is 5.56 Å². The van der Waals surface area contributed by atoms with Gasteiger partial charge in [0.2, 0.25) is 6.17 Å². The normalized spacial score (nSPS) is 40.8. The molecule has 4 bridgehead atoms. The molecular weight excluding hydrogens is 328 g/mol. The third-order valence-electron chi connectivity index (χ3n) is 7.33. The van der Waals surface area contributed by atoms with E-state index >= 15 is 0 Å². The number of hydrogen-bond acceptors (Lipinski definition) is 3. The molecule has 0 aliphatic carbocycles. The number of aliphatic hydroxyl groups is 1. The van der Waals surface area contributed by atoms with Gasteiger partial charge in [-0.05, 0) is 31.0 Å². The maximum Gasteiger partial charge on any atom is 0.240 e. The molecule has 4 aliphatic heterocycles. The molecule has 4 N–H and O–H groups in total. The van der Waals surface area contributed by atoms with Crippen LogP contribution in [0.4, 0.5) is 0 Å². The molecule has 0 atom stereocenters. The summed E-state index contributed by atoms with van der Waals surface area (Å²) in [6, 6.07) is 5.83. The monoisotopic (exact) mass is 362 g/mol. The number of quaternary nitrogens is 2. The summed E-state index contributed by atoms with van der Waals surface area (Å²) in [7, 11) is 1.61. The number of aromatic hydroxyl groups is 1. The van der Waals surface area contributed by atoms with Crippen molar-refractivity contribution >= 4 is 0 Å². The van der Waals surface area contributed by atoms with Gasteiger partial charge in [-0.25, -0.2) is 0 Å². The van der Waals surface area contributed by atoms with Gasteiger partial charge < -0.3 is 14.9 Å². The Hall–Kier alpha value is -1.30. The highest BCUT2D eigenvalue weighted by Crippen LogP contribution is 2.45. The summed E-state index contributed by atoms with van der Waals surface area (Å²) in [5, 5.41) is 21.4. The van der Waals surface area contributed by atoms with Gasteiger partial charge in [0.25, 0.3) is 0 Å². The quantitative estimate of drug-likeness (QED) is 0.583. The molecule has 4 aliphatic rings. The van der Waals surface area contributed by atoms with Crippen LogP contribution in [0.3, 0.4) is 0 Å². The number of methoxy groups -OCH3 is 1. The molecule has 4 fully saturated rings. The van der Waals surface area contributed by atoms with Crippen LogP contribution in [0.2, 0.25) is 0 Å². The van der Waals surface area contributed by atoms with Crippen molar-refractivity contribution in [1.82, 2.24) is 0 Å². The standard InChI is InChI=1S/C21H32N2O3/c1-4-8-20-11-22-13-21(9-5-2,19(20)25)14-23(12-20)18(22)15-6-7-16(24)17(10-15)26-3/h6-7,10,18-19,24-25H,4-5,8-9,11-14H2,1-3H3/p+2. The number of piperidine rings is 2. The number of nitrogens with one attached hydrogen (secondary N) is 2. The lowest BCUT2D eigenvalue weighted by Gasteiger charge is -2.64. The maximum absolute atomic E-state index is 11.4. The van der Waals surface area contributed by atoms with Gasteiger partial charge in [0.1, 0.15) is 0 Å². The summed E-state index contributed by atoms with van der Waals surface area (Å²) in [6.45, 7) is 8.73. The smallest absolute Gasteiger partial charge is 0.240 e. The maximum atomic E-state index is 11.4. The van der Waals surface area contributed by atoms with E-state index in [0.29, 0.717) is 11.9 Å². The molecule has 5 heteroatoms. The first-order valence-corrected chi connectivity index (χ1v) is 10.2. The van der Waals surface area contributed by atoms with E-state index in [9.17, 15) is 10.2 Å². The number of rotatable bonds is 6. The number of aliphatic hydroxyl groups excluding tert-OH is 1. The molecule has 26 heavy (non-hydrogen) atoms. The van der Waals surface area contributed by atoms with Crippen molar-refractivity contribution in [3.63, 3.8) is 0 Å². The van der Waals surface area contributed by atoms with Gasteiger partial charge in [-0.2, -0.15) is 0 Å². The van der Waals surface area contributed by atoms with Crippen molar-refractivity contribution in [3.8, 4) is 11.5 Å². The van der Waals surface area contributed by atoms with E-state index in [1.54, 1.807) is 23.0 Å². The van der Waals surface area contributed by atoms with E-state index in [1.807, 2.05) is 6.07 Å². The highest BCUT2D eigenvalue weighted by atomic mass is 16.5. The van der Waals surface area contributed by atoms with Crippen molar-refractivity contribution in [1.29, 1.82) is 0 Å². The molecule has 4 saturated heterocycles. The van der Waals surface area contributed by atoms with Gasteiger partial charge in [0, 0.05) is 0 Å². The molecule has 1 aromatic rings. The molecule has 0 unspecified atom stereocenters. The first-order valence-electron chi connectivity index (χ1n) is 10.2. The summed E-state index contributed by atoms with van der Waals surface area (Å²) < 4.78 is 5.35. The first-order chi connectivity index (χ1) is 12.5. The fraction of sp³-hybridized carbons (Fsp3) is 0.714. The second kappa shape index (κ2) is 6.39. The number of ether oxygens (including phenoxy) is 1. The van der Waals surface area contributed by atoms with Crippen molar-refractivity contribution in [2.45, 2.75) is 51.8 Å². The highest BCUT2D eigenvalue weighted by molar-refractivity contribution is 5.42. The van der Waals surface area contributed by atoms with Crippen LogP contribution >= 0.6 is 0 Å². The lowest BCUT2D eigenvalue weighted by molar-refractivity contribution is -1.19. The Morgan fingerprint density at radius 3 is 2.04 bits per heavy atom. The first kappa shape index (κ1) is 18.1. The Balaban J connectivity index is 1.71. The van der Waals surface area contributed by atoms with Crippen molar-refractivity contribution in [2.75, 3.05) is 33.3 Å². The van der Waals surface area contributed by atoms with Gasteiger partial charge in [0.05, 0.1) is 55.8 Å². The highest BCUT2D eigenvalue weighted by Gasteiger charge is 2.70. The molecule has 0 spiro atoms. The largest absolute Gasteiger partial charge is 0.504 e. The van der Waals surface area contributed by atoms with Gasteiger partial charge in [-0.15, -0.1) is 0 Å². The Labute approximate surface area is 156 Å². The Kier molecular flexibility index (Phi) is 4.45. The zero-order valence-electron chi connectivity index (χ0n) is 16.3. The zero-order valence-corrected chi connectivity index (χ0v) is 16.3. The van der Waals surface area contributed by atoms with Crippen LogP contribution in [0.5, 0.6) is 11.5 Å². The Morgan fingerprint density at radius 2 is 1.58 bits per heavy atom. The molecule has 0 aromatic heterocycles. The van der Waals surface area contributed by atoms with Crippen LogP contribution in [0.15, 0.2) is 18.2 Å². The molecule has 4 heterocycles. The second-order valence-electron chi connectivity index (χ2n) is 9.02. The molecule has 144 valence electrons. The fourth-order valence-electron chi connectivity index (χ4n) is 6.76. The van der Waals surface area contributed by atoms with Crippen LogP contribution in [0.1, 0.15) is 51.3 Å². The molecule has 1 aromatic carbocycles. The number of phenolic OH excluding ortho intramolecular Hbond substituents is 1. The third-order valence-corrected chi connectivity index (χ3v) is 7.33. The van der Waals surface area contributed by atoms with Crippen molar-refractivity contribution in [2.24, 2.45) is 10.8 Å². The molecular formula is C21H34N2O3+2. The van der Waals surface area contributed by atoms with E-state index < -0.39 is 0 Å². The van der Waals surface area contributed by atoms with Crippen LogP contribution < -0.4 is 14.5 Å². The average Bonchev–Trinajstić information content (AvgIpc) is 2.60. The number of benzene rings is 1. The lowest BCUT2D eigenvalue weighted by Crippen LogP contribution is -3.41. The predicted molar refractivity (Wildman–Crippen MR) is 99.5 cm³/mol. The fourth-order valence-corrected chi connectivity index (χ4v) is 6.76. The van der Waals surface area contributed by atoms with E-state index in [4.69, 9.17) is 4.74 Å². The molecule has 0 amide bonds. The van der Waals surface area contributed by atoms with Gasteiger partial charge in [-0.3, -0.25) is 9.80 Å². The van der Waals surface area contributed by atoms with Gasteiger partial charge in [-0.1, -0.05) is 26.7 Å². The topological polar surface area (TPSA) is 58.6 Å². The number of hydrogen-bond donors (Lipinski definition) is 4. The van der Waals surface area contributed by atoms with Crippen LogP contribution in [0, 0.1) is 10.8 Å². The second-order valence-corrected chi connectivity index (χ2v) is 9.02. The summed E-state index contributed by atoms with van der Waals surface area (Å²) in [4.78, 5) is 3.22. The molecule has 5 nitrogen and oxygen atoms in total. The molecule has 0 radical (unpaired) electrons. The van der Waals surface area contributed by atoms with Crippen molar-refractivity contribution in [3.05, 3.63) is 23.8 Å².